The molecule has 17 heavy (non-hydrogen) atoms. The third-order valence-corrected chi connectivity index (χ3v) is 2.73. The van der Waals surface area contributed by atoms with Gasteiger partial charge in [0.2, 0.25) is 5.91 Å². The lowest BCUT2D eigenvalue weighted by atomic mass is 10.1. The number of fused-ring (bicyclic) bond motifs is 1. The predicted molar refractivity (Wildman–Crippen MR) is 55.9 cm³/mol. The molecule has 0 radical (unpaired) electrons. The summed E-state index contributed by atoms with van der Waals surface area (Å²) in [6.07, 6.45) is -0.362. The van der Waals surface area contributed by atoms with Crippen molar-refractivity contribution in [3.63, 3.8) is 0 Å². The second-order valence-electron chi connectivity index (χ2n) is 3.84. The predicted octanol–water partition coefficient (Wildman–Crippen LogP) is -1.76. The Morgan fingerprint density at radius 1 is 1.65 bits per heavy atom. The average Bonchev–Trinajstić information content (AvgIpc) is 2.73. The zero-order chi connectivity index (χ0) is 12.6. The molecule has 4 N–H and O–H groups in total. The van der Waals surface area contributed by atoms with Crippen molar-refractivity contribution in [2.45, 2.75) is 24.5 Å². The molecule has 0 spiro atoms. The first-order valence-electron chi connectivity index (χ1n) is 5.10. The van der Waals surface area contributed by atoms with Crippen LogP contribution in [0.4, 0.5) is 0 Å². The second kappa shape index (κ2) is 4.36. The number of aliphatic hydroxyl groups is 2. The molecule has 0 aliphatic carbocycles. The van der Waals surface area contributed by atoms with Gasteiger partial charge in [-0.15, -0.1) is 0 Å². The first-order valence-corrected chi connectivity index (χ1v) is 5.10. The van der Waals surface area contributed by atoms with E-state index in [0.717, 1.165) is 6.08 Å². The largest absolute Gasteiger partial charge is 0.468 e. The lowest BCUT2D eigenvalue weighted by molar-refractivity contribution is -0.113. The number of carbonyl (C=O) groups is 1. The molecular formula is C10H14N2O5. The summed E-state index contributed by atoms with van der Waals surface area (Å²) in [4.78, 5) is 12.1. The topological polar surface area (TPSA) is 105 Å². The van der Waals surface area contributed by atoms with Gasteiger partial charge in [-0.2, -0.15) is 0 Å². The fourth-order valence-corrected chi connectivity index (χ4v) is 1.90. The van der Waals surface area contributed by atoms with Crippen molar-refractivity contribution in [1.29, 1.82) is 0 Å². The van der Waals surface area contributed by atoms with Gasteiger partial charge in [0.05, 0.1) is 6.61 Å². The van der Waals surface area contributed by atoms with Crippen LogP contribution in [0.15, 0.2) is 24.7 Å². The van der Waals surface area contributed by atoms with Crippen LogP contribution < -0.4 is 5.73 Å². The highest BCUT2D eigenvalue weighted by Gasteiger charge is 2.52. The maximum absolute atomic E-state index is 10.6. The monoisotopic (exact) mass is 242 g/mol. The minimum Gasteiger partial charge on any atom is -0.468 e. The van der Waals surface area contributed by atoms with Crippen molar-refractivity contribution in [3.05, 3.63) is 24.7 Å². The minimum absolute atomic E-state index is 0.257. The first kappa shape index (κ1) is 11.9. The minimum atomic E-state index is -0.936. The zero-order valence-corrected chi connectivity index (χ0v) is 9.02. The molecule has 1 amide bonds. The third-order valence-electron chi connectivity index (χ3n) is 2.73. The van der Waals surface area contributed by atoms with E-state index < -0.39 is 30.4 Å². The maximum atomic E-state index is 10.6. The van der Waals surface area contributed by atoms with E-state index in [1.54, 1.807) is 0 Å². The summed E-state index contributed by atoms with van der Waals surface area (Å²) in [6.45, 7) is 3.32. The quantitative estimate of drug-likeness (QED) is 0.506. The number of ether oxygens (including phenoxy) is 2. The van der Waals surface area contributed by atoms with Crippen LogP contribution in [0.2, 0.25) is 0 Å². The van der Waals surface area contributed by atoms with Crippen molar-refractivity contribution in [1.82, 2.24) is 4.90 Å². The molecule has 7 heteroatoms. The number of carbonyl (C=O) groups excluding carboxylic acids is 1. The smallest absolute Gasteiger partial charge is 0.242 e. The van der Waals surface area contributed by atoms with E-state index in [4.69, 9.17) is 20.3 Å². The van der Waals surface area contributed by atoms with Gasteiger partial charge in [-0.1, -0.05) is 0 Å². The standard InChI is InChI=1S/C10H14N2O5/c1-5-12(3-2-7(11)14)10-9(16-5)8(15)6(4-13)17-10/h2-3,6,8-10,13,15H,1,4H2,(H2,11,14)/b3-2-/t6-,8+,9-,10?/m1/s1. The molecule has 2 saturated heterocycles. The summed E-state index contributed by atoms with van der Waals surface area (Å²) < 4.78 is 10.7. The molecule has 2 heterocycles. The molecule has 1 unspecified atom stereocenters. The molecule has 0 aromatic carbocycles. The van der Waals surface area contributed by atoms with E-state index in [2.05, 4.69) is 6.58 Å². The Kier molecular flexibility index (Phi) is 3.05. The molecule has 0 aromatic heterocycles. The second-order valence-corrected chi connectivity index (χ2v) is 3.84. The van der Waals surface area contributed by atoms with Crippen molar-refractivity contribution in [3.8, 4) is 0 Å². The summed E-state index contributed by atoms with van der Waals surface area (Å²) in [6, 6.07) is 0. The zero-order valence-electron chi connectivity index (χ0n) is 9.02. The van der Waals surface area contributed by atoms with Crippen molar-refractivity contribution in [2.75, 3.05) is 6.61 Å². The molecule has 4 atom stereocenters. The highest BCUT2D eigenvalue weighted by Crippen LogP contribution is 2.35. The van der Waals surface area contributed by atoms with Gasteiger partial charge in [0.1, 0.15) is 12.2 Å². The summed E-state index contributed by atoms with van der Waals surface area (Å²) in [5.74, 6) is -0.355. The highest BCUT2D eigenvalue weighted by molar-refractivity contribution is 5.85. The molecule has 2 aliphatic rings. The number of nitrogens with zero attached hydrogens (tertiary/aromatic N) is 1. The first-order chi connectivity index (χ1) is 8.04. The van der Waals surface area contributed by atoms with Gasteiger partial charge < -0.3 is 25.4 Å². The number of primary amides is 1. The molecule has 0 saturated carbocycles. The molecule has 94 valence electrons. The van der Waals surface area contributed by atoms with Crippen LogP contribution >= 0.6 is 0 Å². The van der Waals surface area contributed by atoms with E-state index >= 15 is 0 Å². The Hall–Kier alpha value is -1.57. The lowest BCUT2D eigenvalue weighted by Gasteiger charge is -2.19. The fourth-order valence-electron chi connectivity index (χ4n) is 1.90. The van der Waals surface area contributed by atoms with Gasteiger partial charge in [0.25, 0.3) is 0 Å². The molecule has 0 bridgehead atoms. The van der Waals surface area contributed by atoms with Gasteiger partial charge in [-0.05, 0) is 6.58 Å². The maximum Gasteiger partial charge on any atom is 0.242 e. The summed E-state index contributed by atoms with van der Waals surface area (Å²) in [5.41, 5.74) is 4.98. The van der Waals surface area contributed by atoms with Gasteiger partial charge in [-0.3, -0.25) is 9.69 Å². The van der Waals surface area contributed by atoms with E-state index in [0.29, 0.717) is 0 Å². The number of amides is 1. The van der Waals surface area contributed by atoms with Crippen LogP contribution in [0.3, 0.4) is 0 Å². The third kappa shape index (κ3) is 1.99. The van der Waals surface area contributed by atoms with Crippen molar-refractivity contribution < 1.29 is 24.5 Å². The summed E-state index contributed by atoms with van der Waals surface area (Å²) in [7, 11) is 0. The van der Waals surface area contributed by atoms with Crippen LogP contribution in [-0.4, -0.2) is 52.2 Å². The number of nitrogens with two attached hydrogens (primary N) is 1. The lowest BCUT2D eigenvalue weighted by Crippen LogP contribution is -2.33. The number of hydrogen-bond acceptors (Lipinski definition) is 6. The molecular weight excluding hydrogens is 228 g/mol. The molecule has 7 nitrogen and oxygen atoms in total. The Labute approximate surface area is 97.7 Å². The summed E-state index contributed by atoms with van der Waals surface area (Å²) >= 11 is 0. The van der Waals surface area contributed by atoms with Crippen LogP contribution in [0.5, 0.6) is 0 Å². The van der Waals surface area contributed by atoms with E-state index in [9.17, 15) is 9.90 Å². The van der Waals surface area contributed by atoms with Crippen LogP contribution in [0, 0.1) is 0 Å². The fraction of sp³-hybridized carbons (Fsp3) is 0.500. The summed E-state index contributed by atoms with van der Waals surface area (Å²) in [5, 5.41) is 18.8. The molecule has 2 rings (SSSR count). The Morgan fingerprint density at radius 3 is 2.94 bits per heavy atom. The van der Waals surface area contributed by atoms with Crippen LogP contribution in [0.25, 0.3) is 0 Å². The molecule has 2 fully saturated rings. The van der Waals surface area contributed by atoms with Crippen LogP contribution in [-0.2, 0) is 14.3 Å². The van der Waals surface area contributed by atoms with Gasteiger partial charge >= 0.3 is 0 Å². The van der Waals surface area contributed by atoms with E-state index in [1.165, 1.54) is 11.1 Å². The number of hydrogen-bond donors (Lipinski definition) is 3. The average molecular weight is 242 g/mol. The van der Waals surface area contributed by atoms with Gasteiger partial charge in [0.15, 0.2) is 18.2 Å². The van der Waals surface area contributed by atoms with E-state index in [1.807, 2.05) is 0 Å². The van der Waals surface area contributed by atoms with Gasteiger partial charge in [0, 0.05) is 12.3 Å². The SMILES string of the molecule is C=C1O[C@H]2C(O[C@H](CO)[C@@H]2O)N1/C=C\C(N)=O. The van der Waals surface area contributed by atoms with Gasteiger partial charge in [-0.25, -0.2) is 0 Å². The Balaban J connectivity index is 2.14. The molecule has 0 aromatic rings. The Morgan fingerprint density at radius 2 is 2.35 bits per heavy atom. The van der Waals surface area contributed by atoms with Crippen LogP contribution in [0.1, 0.15) is 0 Å². The number of aliphatic hydroxyl groups excluding tert-OH is 2. The number of rotatable bonds is 3. The van der Waals surface area contributed by atoms with E-state index in [-0.39, 0.29) is 12.5 Å². The highest BCUT2D eigenvalue weighted by atomic mass is 16.6. The van der Waals surface area contributed by atoms with Crippen molar-refractivity contribution >= 4 is 5.91 Å². The van der Waals surface area contributed by atoms with Crippen molar-refractivity contribution in [2.24, 2.45) is 5.73 Å². The normalized spacial score (nSPS) is 36.4. The Bertz CT molecular complexity index is 370. The molecule has 2 aliphatic heterocycles.